The van der Waals surface area contributed by atoms with Crippen molar-refractivity contribution in [3.05, 3.63) is 48.3 Å². The highest BCUT2D eigenvalue weighted by Crippen LogP contribution is 2.65. The number of hydrogen-bond acceptors (Lipinski definition) is 10. The molecule has 4 saturated carbocycles. The Kier molecular flexibility index (Phi) is 12.1. The van der Waals surface area contributed by atoms with Gasteiger partial charge in [0.15, 0.2) is 0 Å². The van der Waals surface area contributed by atoms with Gasteiger partial charge in [-0.3, -0.25) is 9.59 Å². The van der Waals surface area contributed by atoms with Crippen LogP contribution >= 0.6 is 0 Å². The minimum Gasteiger partial charge on any atom is -0.472 e. The highest BCUT2D eigenvalue weighted by Gasteiger charge is 2.69. The molecule has 4 aliphatic rings. The highest BCUT2D eigenvalue weighted by atomic mass is 16.6. The first-order chi connectivity index (χ1) is 25.1. The molecule has 2 aromatic rings. The first-order valence-corrected chi connectivity index (χ1v) is 20.2. The molecule has 0 aliphatic heterocycles. The zero-order chi connectivity index (χ0) is 40.1. The average molecular weight is 757 g/mol. The van der Waals surface area contributed by atoms with E-state index >= 15 is 0 Å². The smallest absolute Gasteiger partial charge is 0.303 e. The lowest BCUT2D eigenvalue weighted by Crippen LogP contribution is -2.71. The zero-order valence-electron chi connectivity index (χ0n) is 34.4. The van der Waals surface area contributed by atoms with Crippen LogP contribution in [0.15, 0.2) is 46.0 Å². The van der Waals surface area contributed by atoms with Gasteiger partial charge in [0.1, 0.15) is 12.2 Å². The normalized spacial score (nSPS) is 41.0. The Morgan fingerprint density at radius 3 is 1.31 bits per heavy atom. The summed E-state index contributed by atoms with van der Waals surface area (Å²) >= 11 is 0. The Balaban J connectivity index is 0.000000208. The van der Waals surface area contributed by atoms with Crippen LogP contribution in [0, 0.1) is 45.3 Å². The number of esters is 2. The third-order valence-electron chi connectivity index (χ3n) is 15.3. The molecule has 2 heterocycles. The van der Waals surface area contributed by atoms with Gasteiger partial charge < -0.3 is 38.7 Å². The lowest BCUT2D eigenvalue weighted by molar-refractivity contribution is -0.281. The molecule has 2 aromatic heterocycles. The molecule has 4 N–H and O–H groups in total. The average Bonchev–Trinajstić information content (AvgIpc) is 3.80. The Labute approximate surface area is 322 Å². The second kappa shape index (κ2) is 15.4. The zero-order valence-corrected chi connectivity index (χ0v) is 34.4. The SMILES string of the molecule is CC(=O)O[C@@H]1[C@H](O)[C@@H](C)[C@](O)(CCc2ccoc2)[C@@]2(C)CCCC(C)(C)[C@H]12.CC(=O)O[C@@H]1[C@H](O)[C@@H](C)[C@](O)(CCc2ccoc2)[C@@]2(C)CCCC(C)(C)[C@H]12. The lowest BCUT2D eigenvalue weighted by Gasteiger charge is -2.65. The molecular formula is C44H68O10. The first kappa shape index (κ1) is 42.5. The van der Waals surface area contributed by atoms with Gasteiger partial charge in [-0.05, 0) is 85.5 Å². The van der Waals surface area contributed by atoms with E-state index in [0.29, 0.717) is 25.7 Å². The lowest BCUT2D eigenvalue weighted by atomic mass is 9.42. The maximum absolute atomic E-state index is 12.0. The summed E-state index contributed by atoms with van der Waals surface area (Å²) in [5.41, 5.74) is -1.19. The van der Waals surface area contributed by atoms with Gasteiger partial charge in [0.2, 0.25) is 0 Å². The maximum atomic E-state index is 12.0. The minimum atomic E-state index is -1.05. The summed E-state index contributed by atoms with van der Waals surface area (Å²) in [6.07, 6.45) is 11.9. The number of aryl methyl sites for hydroxylation is 2. The second-order valence-corrected chi connectivity index (χ2v) is 19.3. The van der Waals surface area contributed by atoms with Crippen molar-refractivity contribution in [2.75, 3.05) is 0 Å². The molecule has 6 rings (SSSR count). The minimum absolute atomic E-state index is 0.108. The molecule has 12 atom stereocenters. The molecule has 4 aliphatic carbocycles. The van der Waals surface area contributed by atoms with Gasteiger partial charge in [-0.2, -0.15) is 0 Å². The molecular weight excluding hydrogens is 688 g/mol. The van der Waals surface area contributed by atoms with Crippen molar-refractivity contribution >= 4 is 11.9 Å². The quantitative estimate of drug-likeness (QED) is 0.200. The van der Waals surface area contributed by atoms with Crippen molar-refractivity contribution in [2.24, 2.45) is 45.3 Å². The number of carbonyl (C=O) groups excluding carboxylic acids is 2. The largest absolute Gasteiger partial charge is 0.472 e. The van der Waals surface area contributed by atoms with Gasteiger partial charge in [-0.1, -0.05) is 68.2 Å². The Morgan fingerprint density at radius 2 is 1.02 bits per heavy atom. The predicted octanol–water partition coefficient (Wildman–Crippen LogP) is 7.44. The van der Waals surface area contributed by atoms with Gasteiger partial charge in [-0.25, -0.2) is 0 Å². The van der Waals surface area contributed by atoms with Crippen LogP contribution in [0.3, 0.4) is 0 Å². The molecule has 0 saturated heterocycles. The molecule has 0 amide bonds. The van der Waals surface area contributed by atoms with Crippen LogP contribution in [-0.4, -0.2) is 68.0 Å². The molecule has 0 spiro atoms. The van der Waals surface area contributed by atoms with Crippen molar-refractivity contribution in [1.82, 2.24) is 0 Å². The van der Waals surface area contributed by atoms with Crippen LogP contribution in [0.5, 0.6) is 0 Å². The van der Waals surface area contributed by atoms with E-state index in [1.807, 2.05) is 26.0 Å². The fourth-order valence-corrected chi connectivity index (χ4v) is 12.5. The van der Waals surface area contributed by atoms with Crippen LogP contribution in [0.2, 0.25) is 0 Å². The number of aliphatic hydroxyl groups is 4. The monoisotopic (exact) mass is 756 g/mol. The van der Waals surface area contributed by atoms with Crippen molar-refractivity contribution in [3.8, 4) is 0 Å². The summed E-state index contributed by atoms with van der Waals surface area (Å²) < 4.78 is 21.7. The fourth-order valence-electron chi connectivity index (χ4n) is 12.5. The fraction of sp³-hybridized carbons (Fsp3) is 0.773. The van der Waals surface area contributed by atoms with E-state index in [9.17, 15) is 30.0 Å². The molecule has 10 nitrogen and oxygen atoms in total. The number of ether oxygens (including phenoxy) is 2. The van der Waals surface area contributed by atoms with Crippen LogP contribution in [0.4, 0.5) is 0 Å². The molecule has 10 heteroatoms. The third-order valence-corrected chi connectivity index (χ3v) is 15.3. The van der Waals surface area contributed by atoms with E-state index in [0.717, 1.165) is 49.7 Å². The van der Waals surface area contributed by atoms with Crippen LogP contribution in [-0.2, 0) is 31.9 Å². The van der Waals surface area contributed by atoms with Crippen LogP contribution < -0.4 is 0 Å². The van der Waals surface area contributed by atoms with Crippen LogP contribution in [0.1, 0.15) is 132 Å². The number of fused-ring (bicyclic) bond motifs is 2. The van der Waals surface area contributed by atoms with Crippen molar-refractivity contribution < 1.29 is 48.3 Å². The Morgan fingerprint density at radius 1 is 0.667 bits per heavy atom. The number of hydrogen-bond donors (Lipinski definition) is 4. The number of rotatable bonds is 8. The van der Waals surface area contributed by atoms with E-state index in [2.05, 4.69) is 41.5 Å². The topological polar surface area (TPSA) is 160 Å². The molecule has 54 heavy (non-hydrogen) atoms. The first-order valence-electron chi connectivity index (χ1n) is 20.2. The van der Waals surface area contributed by atoms with Crippen molar-refractivity contribution in [1.29, 1.82) is 0 Å². The number of furan rings is 2. The summed E-state index contributed by atoms with van der Waals surface area (Å²) in [7, 11) is 0. The summed E-state index contributed by atoms with van der Waals surface area (Å²) in [6.45, 7) is 19.5. The second-order valence-electron chi connectivity index (χ2n) is 19.3. The van der Waals surface area contributed by atoms with Gasteiger partial charge in [0, 0.05) is 48.3 Å². The Hall–Kier alpha value is -2.66. The molecule has 0 bridgehead atoms. The molecule has 0 radical (unpaired) electrons. The van der Waals surface area contributed by atoms with E-state index in [1.54, 1.807) is 25.1 Å². The van der Waals surface area contributed by atoms with Gasteiger partial charge in [0.25, 0.3) is 0 Å². The van der Waals surface area contributed by atoms with Gasteiger partial charge >= 0.3 is 11.9 Å². The summed E-state index contributed by atoms with van der Waals surface area (Å²) in [6, 6.07) is 3.83. The van der Waals surface area contributed by atoms with Crippen molar-refractivity contribution in [3.63, 3.8) is 0 Å². The van der Waals surface area contributed by atoms with Crippen molar-refractivity contribution in [2.45, 2.75) is 169 Å². The van der Waals surface area contributed by atoms with E-state index < -0.39 is 58.3 Å². The van der Waals surface area contributed by atoms with Crippen LogP contribution in [0.25, 0.3) is 0 Å². The number of aliphatic hydroxyl groups excluding tert-OH is 2. The molecule has 304 valence electrons. The molecule has 0 unspecified atom stereocenters. The Bertz CT molecular complexity index is 1450. The van der Waals surface area contributed by atoms with E-state index in [-0.39, 0.29) is 34.6 Å². The van der Waals surface area contributed by atoms with E-state index in [4.69, 9.17) is 18.3 Å². The summed E-state index contributed by atoms with van der Waals surface area (Å²) in [5, 5.41) is 46.3. The maximum Gasteiger partial charge on any atom is 0.303 e. The van der Waals surface area contributed by atoms with E-state index in [1.165, 1.54) is 13.8 Å². The highest BCUT2D eigenvalue weighted by molar-refractivity contribution is 5.66. The van der Waals surface area contributed by atoms with Gasteiger partial charge in [0.05, 0.1) is 48.5 Å². The summed E-state index contributed by atoms with van der Waals surface area (Å²) in [5.74, 6) is -1.77. The van der Waals surface area contributed by atoms with Gasteiger partial charge in [-0.15, -0.1) is 0 Å². The third kappa shape index (κ3) is 7.34. The molecule has 4 fully saturated rings. The molecule has 0 aromatic carbocycles. The predicted molar refractivity (Wildman–Crippen MR) is 204 cm³/mol. The summed E-state index contributed by atoms with van der Waals surface area (Å²) in [4.78, 5) is 23.6. The number of carbonyl (C=O) groups is 2. The standard InChI is InChI=1S/2C22H34O5/c2*1-14-17(24)18(27-15(2)23)19-20(3,4)9-6-10-21(19,5)22(14,25)11-7-16-8-12-26-13-16/h2*8,12-14,17-19,24-25H,6-7,9-11H2,1-5H3/t2*14-,17-,18-,19+,21+,22-/m11/s1.